The topological polar surface area (TPSA) is 0 Å². The molecule has 0 N–H and O–H groups in total. The van der Waals surface area contributed by atoms with Crippen LogP contribution in [-0.4, -0.2) is 0 Å². The Morgan fingerprint density at radius 3 is 1.91 bits per heavy atom. The van der Waals surface area contributed by atoms with Crippen molar-refractivity contribution in [1.29, 1.82) is 0 Å². The molecule has 0 aliphatic heterocycles. The molecule has 5 rings (SSSR count). The minimum atomic E-state index is 1.03. The summed E-state index contributed by atoms with van der Waals surface area (Å²) in [6.07, 6.45) is 10.9. The average Bonchev–Trinajstić information content (AvgIpc) is 2.84. The van der Waals surface area contributed by atoms with Crippen molar-refractivity contribution >= 4 is 0 Å². The molecular weight excluding hydrogens is 276 g/mol. The number of fused-ring (bicyclic) bond motifs is 2. The Labute approximate surface area is 144 Å². The molecule has 0 saturated heterocycles. The van der Waals surface area contributed by atoms with Crippen LogP contribution in [0.1, 0.15) is 72.6 Å². The fourth-order valence-corrected chi connectivity index (χ4v) is 9.52. The van der Waals surface area contributed by atoms with Crippen LogP contribution < -0.4 is 0 Å². The highest BCUT2D eigenvalue weighted by Crippen LogP contribution is 2.73. The average molecular weight is 315 g/mol. The molecule has 0 nitrogen and oxygen atoms in total. The predicted octanol–water partition coefficient (Wildman–Crippen LogP) is 6.26. The molecule has 12 atom stereocenters. The van der Waals surface area contributed by atoms with Gasteiger partial charge in [0, 0.05) is 0 Å². The fourth-order valence-electron chi connectivity index (χ4n) is 9.52. The standard InChI is InChI=1S/C23H38/c1-5-13-9-19(21-12(4)16(6-2)17(21)7-3)23-18(13)10-14-8-15-11-20(23)22(14)15/h12-23H,5-11H2,1-4H3/t12?,13?,14?,15?,16?,17?,18?,19-,20?,21-,22?,23?/m1/s1. The van der Waals surface area contributed by atoms with Crippen molar-refractivity contribution in [2.75, 3.05) is 0 Å². The number of rotatable bonds is 4. The lowest BCUT2D eigenvalue weighted by atomic mass is 9.38. The monoisotopic (exact) mass is 314 g/mol. The van der Waals surface area contributed by atoms with Gasteiger partial charge in [0.2, 0.25) is 0 Å². The summed E-state index contributed by atoms with van der Waals surface area (Å²) < 4.78 is 0. The maximum Gasteiger partial charge on any atom is -0.0320 e. The first-order valence-electron chi connectivity index (χ1n) is 11.2. The fraction of sp³-hybridized carbons (Fsp3) is 1.00. The van der Waals surface area contributed by atoms with E-state index in [-0.39, 0.29) is 0 Å². The minimum Gasteiger partial charge on any atom is -0.0651 e. The molecule has 5 fully saturated rings. The van der Waals surface area contributed by atoms with Crippen LogP contribution in [0.25, 0.3) is 0 Å². The Kier molecular flexibility index (Phi) is 3.48. The minimum absolute atomic E-state index is 1.03. The van der Waals surface area contributed by atoms with Gasteiger partial charge in [-0.1, -0.05) is 47.0 Å². The molecule has 23 heavy (non-hydrogen) atoms. The SMILES string of the molecule is CCC1C[C@H]([C@@H]2C(C)C(CC)C2CC)C2C1CC1CC3CC2C13. The van der Waals surface area contributed by atoms with Crippen LogP contribution in [0.2, 0.25) is 0 Å². The Morgan fingerprint density at radius 1 is 0.609 bits per heavy atom. The highest BCUT2D eigenvalue weighted by Gasteiger charge is 2.66. The maximum absolute atomic E-state index is 2.62. The summed E-state index contributed by atoms with van der Waals surface area (Å²) in [6.45, 7) is 10.1. The maximum atomic E-state index is 2.62. The van der Waals surface area contributed by atoms with Crippen LogP contribution in [0, 0.1) is 71.0 Å². The normalized spacial score (nSPS) is 62.6. The zero-order valence-corrected chi connectivity index (χ0v) is 15.9. The predicted molar refractivity (Wildman–Crippen MR) is 96.9 cm³/mol. The Balaban J connectivity index is 1.42. The molecule has 5 aliphatic carbocycles. The van der Waals surface area contributed by atoms with Gasteiger partial charge in [0.05, 0.1) is 0 Å². The van der Waals surface area contributed by atoms with E-state index in [1.165, 1.54) is 42.9 Å². The molecule has 0 aromatic heterocycles. The van der Waals surface area contributed by atoms with Crippen LogP contribution in [0.3, 0.4) is 0 Å². The van der Waals surface area contributed by atoms with Gasteiger partial charge in [-0.3, -0.25) is 0 Å². The van der Waals surface area contributed by atoms with Crippen molar-refractivity contribution < 1.29 is 0 Å². The van der Waals surface area contributed by atoms with E-state index in [1.807, 2.05) is 0 Å². The third-order valence-electron chi connectivity index (χ3n) is 10.3. The molecule has 0 aromatic rings. The van der Waals surface area contributed by atoms with E-state index in [1.54, 1.807) is 25.7 Å². The third-order valence-corrected chi connectivity index (χ3v) is 10.3. The summed E-state index contributed by atoms with van der Waals surface area (Å²) in [4.78, 5) is 0. The van der Waals surface area contributed by atoms with Gasteiger partial charge in [0.15, 0.2) is 0 Å². The molecule has 0 aromatic carbocycles. The Morgan fingerprint density at radius 2 is 1.26 bits per heavy atom. The van der Waals surface area contributed by atoms with Crippen LogP contribution >= 0.6 is 0 Å². The lowest BCUT2D eigenvalue weighted by Gasteiger charge is -2.67. The zero-order chi connectivity index (χ0) is 15.9. The van der Waals surface area contributed by atoms with E-state index in [0.717, 1.165) is 47.3 Å². The first-order valence-corrected chi connectivity index (χ1v) is 11.2. The smallest absolute Gasteiger partial charge is 0.0320 e. The zero-order valence-electron chi connectivity index (χ0n) is 15.9. The number of hydrogen-bond donors (Lipinski definition) is 0. The summed E-state index contributed by atoms with van der Waals surface area (Å²) >= 11 is 0. The van der Waals surface area contributed by atoms with Gasteiger partial charge in [-0.05, 0) is 96.7 Å². The van der Waals surface area contributed by atoms with Gasteiger partial charge in [-0.15, -0.1) is 0 Å². The van der Waals surface area contributed by atoms with Gasteiger partial charge in [0.1, 0.15) is 0 Å². The Bertz CT molecular complexity index is 467. The van der Waals surface area contributed by atoms with Gasteiger partial charge in [-0.25, -0.2) is 0 Å². The summed E-state index contributed by atoms with van der Waals surface area (Å²) in [6, 6.07) is 0. The molecular formula is C23H38. The van der Waals surface area contributed by atoms with Gasteiger partial charge in [0.25, 0.3) is 0 Å². The summed E-state index contributed by atoms with van der Waals surface area (Å²) in [5.74, 6) is 13.6. The van der Waals surface area contributed by atoms with E-state index in [0.29, 0.717) is 0 Å². The van der Waals surface area contributed by atoms with Gasteiger partial charge >= 0.3 is 0 Å². The molecule has 0 heteroatoms. The number of hydrogen-bond acceptors (Lipinski definition) is 0. The lowest BCUT2D eigenvalue weighted by Crippen LogP contribution is -2.61. The molecule has 5 saturated carbocycles. The quantitative estimate of drug-likeness (QED) is 0.574. The van der Waals surface area contributed by atoms with Gasteiger partial charge in [-0.2, -0.15) is 0 Å². The van der Waals surface area contributed by atoms with Crippen molar-refractivity contribution in [1.82, 2.24) is 0 Å². The molecule has 130 valence electrons. The van der Waals surface area contributed by atoms with Crippen LogP contribution in [0.4, 0.5) is 0 Å². The second-order valence-corrected chi connectivity index (χ2v) is 10.4. The van der Waals surface area contributed by atoms with Crippen molar-refractivity contribution in [3.8, 4) is 0 Å². The van der Waals surface area contributed by atoms with Crippen LogP contribution in [-0.2, 0) is 0 Å². The van der Waals surface area contributed by atoms with Gasteiger partial charge < -0.3 is 0 Å². The van der Waals surface area contributed by atoms with E-state index in [2.05, 4.69) is 27.7 Å². The van der Waals surface area contributed by atoms with Crippen LogP contribution in [0.5, 0.6) is 0 Å². The first kappa shape index (κ1) is 15.3. The molecule has 0 spiro atoms. The highest BCUT2D eigenvalue weighted by atomic mass is 14.7. The molecule has 0 amide bonds. The third kappa shape index (κ3) is 1.80. The summed E-state index contributed by atoms with van der Waals surface area (Å²) in [7, 11) is 0. The second-order valence-electron chi connectivity index (χ2n) is 10.4. The van der Waals surface area contributed by atoms with Crippen molar-refractivity contribution in [2.45, 2.75) is 72.6 Å². The van der Waals surface area contributed by atoms with Crippen molar-refractivity contribution in [2.24, 2.45) is 71.0 Å². The molecule has 5 aliphatic rings. The Hall–Kier alpha value is 0. The van der Waals surface area contributed by atoms with Crippen molar-refractivity contribution in [3.05, 3.63) is 0 Å². The summed E-state index contributed by atoms with van der Waals surface area (Å²) in [5.41, 5.74) is 0. The van der Waals surface area contributed by atoms with Crippen molar-refractivity contribution in [3.63, 3.8) is 0 Å². The van der Waals surface area contributed by atoms with E-state index >= 15 is 0 Å². The highest BCUT2D eigenvalue weighted by molar-refractivity contribution is 5.14. The molecule has 10 unspecified atom stereocenters. The molecule has 0 heterocycles. The largest absolute Gasteiger partial charge is 0.0651 e. The second kappa shape index (κ2) is 5.25. The summed E-state index contributed by atoms with van der Waals surface area (Å²) in [5, 5.41) is 0. The molecule has 0 bridgehead atoms. The van der Waals surface area contributed by atoms with E-state index in [4.69, 9.17) is 0 Å². The van der Waals surface area contributed by atoms with E-state index < -0.39 is 0 Å². The van der Waals surface area contributed by atoms with Crippen LogP contribution in [0.15, 0.2) is 0 Å². The lowest BCUT2D eigenvalue weighted by molar-refractivity contribution is -0.188. The first-order chi connectivity index (χ1) is 11.2. The molecule has 0 radical (unpaired) electrons. The van der Waals surface area contributed by atoms with E-state index in [9.17, 15) is 0 Å².